The second-order valence-electron chi connectivity index (χ2n) is 3.63. The van der Waals surface area contributed by atoms with Crippen LogP contribution in [0, 0.1) is 0 Å². The van der Waals surface area contributed by atoms with E-state index in [2.05, 4.69) is 26.0 Å². The smallest absolute Gasteiger partial charge is 0.328 e. The first-order valence-corrected chi connectivity index (χ1v) is 6.08. The van der Waals surface area contributed by atoms with Gasteiger partial charge < -0.3 is 15.2 Å². The number of hydrogen-bond donors (Lipinski definition) is 2. The van der Waals surface area contributed by atoms with Crippen molar-refractivity contribution in [1.29, 1.82) is 0 Å². The summed E-state index contributed by atoms with van der Waals surface area (Å²) in [6, 6.07) is 6.57. The molecule has 2 N–H and O–H groups in total. The summed E-state index contributed by atoms with van der Waals surface area (Å²) in [6.45, 7) is -0.659. The van der Waals surface area contributed by atoms with Crippen LogP contribution in [0.2, 0.25) is 0 Å². The second kappa shape index (κ2) is 7.13. The Labute approximate surface area is 113 Å². The first kappa shape index (κ1) is 14.7. The summed E-state index contributed by atoms with van der Waals surface area (Å²) in [7, 11) is 1.25. The van der Waals surface area contributed by atoms with E-state index in [-0.39, 0.29) is 0 Å². The molecule has 6 heteroatoms. The number of esters is 1. The number of aliphatic hydroxyl groups is 1. The fourth-order valence-electron chi connectivity index (χ4n) is 1.43. The molecule has 0 fully saturated rings. The number of aliphatic hydroxyl groups excluding tert-OH is 1. The van der Waals surface area contributed by atoms with E-state index >= 15 is 0 Å². The van der Waals surface area contributed by atoms with Crippen LogP contribution in [-0.2, 0) is 20.7 Å². The van der Waals surface area contributed by atoms with Crippen molar-refractivity contribution in [2.45, 2.75) is 12.5 Å². The van der Waals surface area contributed by atoms with Gasteiger partial charge in [0.1, 0.15) is 12.6 Å². The van der Waals surface area contributed by atoms with E-state index in [0.29, 0.717) is 6.42 Å². The zero-order valence-electron chi connectivity index (χ0n) is 9.85. The molecule has 0 aliphatic carbocycles. The Bertz CT molecular complexity index is 419. The number of rotatable bonds is 5. The van der Waals surface area contributed by atoms with Crippen molar-refractivity contribution in [3.8, 4) is 0 Å². The lowest BCUT2D eigenvalue weighted by molar-refractivity contribution is -0.145. The van der Waals surface area contributed by atoms with E-state index in [1.54, 1.807) is 0 Å². The Morgan fingerprint density at radius 1 is 1.39 bits per heavy atom. The average molecular weight is 316 g/mol. The highest BCUT2D eigenvalue weighted by Crippen LogP contribution is 2.12. The van der Waals surface area contributed by atoms with Gasteiger partial charge >= 0.3 is 5.97 Å². The summed E-state index contributed by atoms with van der Waals surface area (Å²) >= 11 is 3.31. The molecule has 1 aromatic carbocycles. The van der Waals surface area contributed by atoms with Gasteiger partial charge in [0, 0.05) is 10.9 Å². The average Bonchev–Trinajstić information content (AvgIpc) is 2.39. The predicted octanol–water partition coefficient (Wildman–Crippen LogP) is 0.642. The summed E-state index contributed by atoms with van der Waals surface area (Å²) in [6.07, 6.45) is 0.311. The van der Waals surface area contributed by atoms with Gasteiger partial charge in [-0.25, -0.2) is 4.79 Å². The number of amides is 1. The quantitative estimate of drug-likeness (QED) is 0.782. The van der Waals surface area contributed by atoms with Crippen LogP contribution in [0.15, 0.2) is 28.7 Å². The maximum atomic E-state index is 11.5. The molecule has 1 amide bonds. The maximum Gasteiger partial charge on any atom is 0.328 e. The summed E-state index contributed by atoms with van der Waals surface area (Å²) in [5, 5.41) is 11.1. The van der Waals surface area contributed by atoms with Gasteiger partial charge in [0.25, 0.3) is 0 Å². The molecular formula is C12H14BrNO4. The van der Waals surface area contributed by atoms with E-state index in [1.165, 1.54) is 7.11 Å². The minimum Gasteiger partial charge on any atom is -0.467 e. The van der Waals surface area contributed by atoms with Crippen molar-refractivity contribution in [3.63, 3.8) is 0 Å². The lowest BCUT2D eigenvalue weighted by atomic mass is 10.1. The Hall–Kier alpha value is -1.40. The third kappa shape index (κ3) is 4.46. The van der Waals surface area contributed by atoms with Crippen LogP contribution < -0.4 is 5.32 Å². The number of carbonyl (C=O) groups excluding carboxylic acids is 2. The SMILES string of the molecule is COC(=O)[C@@H](Cc1ccc(Br)cc1)NC(=O)CO. The molecule has 1 aromatic rings. The first-order chi connectivity index (χ1) is 8.56. The third-order valence-corrected chi connectivity index (χ3v) is 2.85. The van der Waals surface area contributed by atoms with Crippen LogP contribution in [0.5, 0.6) is 0 Å². The monoisotopic (exact) mass is 315 g/mol. The normalized spacial score (nSPS) is 11.7. The van der Waals surface area contributed by atoms with Gasteiger partial charge in [-0.05, 0) is 17.7 Å². The van der Waals surface area contributed by atoms with Gasteiger partial charge in [-0.15, -0.1) is 0 Å². The van der Waals surface area contributed by atoms with Gasteiger partial charge in [-0.3, -0.25) is 4.79 Å². The number of carbonyl (C=O) groups is 2. The number of methoxy groups -OCH3 is 1. The molecule has 0 aromatic heterocycles. The Balaban J connectivity index is 2.74. The summed E-state index contributed by atoms with van der Waals surface area (Å²) in [4.78, 5) is 22.6. The fourth-order valence-corrected chi connectivity index (χ4v) is 1.70. The lowest BCUT2D eigenvalue weighted by Crippen LogP contribution is -2.44. The van der Waals surface area contributed by atoms with E-state index in [0.717, 1.165) is 10.0 Å². The van der Waals surface area contributed by atoms with Gasteiger partial charge in [-0.2, -0.15) is 0 Å². The number of benzene rings is 1. The van der Waals surface area contributed by atoms with Crippen LogP contribution in [-0.4, -0.2) is 36.7 Å². The van der Waals surface area contributed by atoms with Crippen LogP contribution in [0.1, 0.15) is 5.56 Å². The van der Waals surface area contributed by atoms with Crippen molar-refractivity contribution < 1.29 is 19.4 Å². The standard InChI is InChI=1S/C12H14BrNO4/c1-18-12(17)10(14-11(16)7-15)6-8-2-4-9(13)5-3-8/h2-5,10,15H,6-7H2,1H3,(H,14,16)/t10-/m1/s1. The summed E-state index contributed by atoms with van der Waals surface area (Å²) in [5.74, 6) is -1.15. The molecule has 1 atom stereocenters. The van der Waals surface area contributed by atoms with Gasteiger partial charge in [-0.1, -0.05) is 28.1 Å². The highest BCUT2D eigenvalue weighted by Gasteiger charge is 2.21. The Kier molecular flexibility index (Phi) is 5.80. The minimum atomic E-state index is -0.796. The first-order valence-electron chi connectivity index (χ1n) is 5.29. The van der Waals surface area contributed by atoms with Crippen molar-refractivity contribution >= 4 is 27.8 Å². The molecule has 0 spiro atoms. The van der Waals surface area contributed by atoms with Crippen LogP contribution >= 0.6 is 15.9 Å². The van der Waals surface area contributed by atoms with Crippen molar-refractivity contribution in [2.24, 2.45) is 0 Å². The van der Waals surface area contributed by atoms with Gasteiger partial charge in [0.15, 0.2) is 0 Å². The molecule has 0 saturated carbocycles. The Morgan fingerprint density at radius 2 is 2.00 bits per heavy atom. The van der Waals surface area contributed by atoms with Gasteiger partial charge in [0.05, 0.1) is 7.11 Å². The second-order valence-corrected chi connectivity index (χ2v) is 4.55. The van der Waals surface area contributed by atoms with E-state index < -0.39 is 24.5 Å². The van der Waals surface area contributed by atoms with Gasteiger partial charge in [0.2, 0.25) is 5.91 Å². The third-order valence-electron chi connectivity index (χ3n) is 2.32. The highest BCUT2D eigenvalue weighted by molar-refractivity contribution is 9.10. The highest BCUT2D eigenvalue weighted by atomic mass is 79.9. The maximum absolute atomic E-state index is 11.5. The molecule has 98 valence electrons. The molecule has 18 heavy (non-hydrogen) atoms. The van der Waals surface area contributed by atoms with E-state index in [1.807, 2.05) is 24.3 Å². The molecule has 0 aliphatic heterocycles. The number of hydrogen-bond acceptors (Lipinski definition) is 4. The Morgan fingerprint density at radius 3 is 2.50 bits per heavy atom. The van der Waals surface area contributed by atoms with Crippen molar-refractivity contribution in [3.05, 3.63) is 34.3 Å². The minimum absolute atomic E-state index is 0.311. The van der Waals surface area contributed by atoms with Crippen molar-refractivity contribution in [1.82, 2.24) is 5.32 Å². The molecule has 1 rings (SSSR count). The zero-order valence-corrected chi connectivity index (χ0v) is 11.4. The van der Waals surface area contributed by atoms with E-state index in [9.17, 15) is 9.59 Å². The number of nitrogens with one attached hydrogen (secondary N) is 1. The largest absolute Gasteiger partial charge is 0.467 e. The molecule has 0 heterocycles. The molecular weight excluding hydrogens is 302 g/mol. The van der Waals surface area contributed by atoms with Crippen LogP contribution in [0.3, 0.4) is 0 Å². The number of ether oxygens (including phenoxy) is 1. The molecule has 5 nitrogen and oxygen atoms in total. The summed E-state index contributed by atoms with van der Waals surface area (Å²) in [5.41, 5.74) is 0.881. The molecule has 0 bridgehead atoms. The molecule has 0 radical (unpaired) electrons. The molecule has 0 aliphatic rings. The van der Waals surface area contributed by atoms with Crippen LogP contribution in [0.25, 0.3) is 0 Å². The van der Waals surface area contributed by atoms with Crippen LogP contribution in [0.4, 0.5) is 0 Å². The summed E-state index contributed by atoms with van der Waals surface area (Å²) < 4.78 is 5.54. The molecule has 0 saturated heterocycles. The number of halogens is 1. The fraction of sp³-hybridized carbons (Fsp3) is 0.333. The van der Waals surface area contributed by atoms with E-state index in [4.69, 9.17) is 5.11 Å². The lowest BCUT2D eigenvalue weighted by Gasteiger charge is -2.15. The predicted molar refractivity (Wildman–Crippen MR) is 68.9 cm³/mol. The topological polar surface area (TPSA) is 75.6 Å². The molecule has 0 unspecified atom stereocenters. The van der Waals surface area contributed by atoms with Crippen molar-refractivity contribution in [2.75, 3.05) is 13.7 Å². The zero-order chi connectivity index (χ0) is 13.5.